The molecule has 3 aromatic carbocycles. The van der Waals surface area contributed by atoms with Gasteiger partial charge in [0.25, 0.3) is 0 Å². The van der Waals surface area contributed by atoms with Crippen LogP contribution in [0.4, 0.5) is 17.1 Å². The maximum absolute atomic E-state index is 3.70. The zero-order valence-electron chi connectivity index (χ0n) is 11.8. The van der Waals surface area contributed by atoms with Gasteiger partial charge in [0.05, 0.1) is 5.69 Å². The lowest BCUT2D eigenvalue weighted by Gasteiger charge is -2.26. The molecule has 0 heterocycles. The van der Waals surface area contributed by atoms with Crippen LogP contribution in [0.2, 0.25) is 0 Å². The summed E-state index contributed by atoms with van der Waals surface area (Å²) < 4.78 is 1.09. The van der Waals surface area contributed by atoms with Gasteiger partial charge in [-0.15, -0.1) is 0 Å². The van der Waals surface area contributed by atoms with Crippen LogP contribution in [0.5, 0.6) is 0 Å². The van der Waals surface area contributed by atoms with Crippen LogP contribution in [0.3, 0.4) is 0 Å². The van der Waals surface area contributed by atoms with E-state index in [1.54, 1.807) is 0 Å². The molecule has 3 aromatic rings. The summed E-state index contributed by atoms with van der Waals surface area (Å²) in [6, 6.07) is 27.3. The van der Waals surface area contributed by atoms with Crippen LogP contribution >= 0.6 is 15.9 Å². The van der Waals surface area contributed by atoms with Gasteiger partial charge in [-0.1, -0.05) is 42.5 Å². The fraction of sp³-hybridized carbons (Fsp3) is 0.0526. The molecule has 0 saturated carbocycles. The predicted octanol–water partition coefficient (Wildman–Crippen LogP) is 6.23. The molecule has 0 aliphatic rings. The Morgan fingerprint density at radius 3 is 1.71 bits per heavy atom. The highest BCUT2D eigenvalue weighted by molar-refractivity contribution is 9.10. The highest BCUT2D eigenvalue weighted by Crippen LogP contribution is 2.38. The summed E-state index contributed by atoms with van der Waals surface area (Å²) in [5.74, 6) is 0. The van der Waals surface area contributed by atoms with Crippen LogP contribution in [0, 0.1) is 6.92 Å². The molecule has 0 atom stereocenters. The zero-order valence-corrected chi connectivity index (χ0v) is 13.4. The zero-order chi connectivity index (χ0) is 14.7. The molecular weight excluding hydrogens is 322 g/mol. The molecule has 1 nitrogen and oxygen atoms in total. The lowest BCUT2D eigenvalue weighted by atomic mass is 10.1. The number of halogens is 1. The molecule has 0 unspecified atom stereocenters. The predicted molar refractivity (Wildman–Crippen MR) is 93.6 cm³/mol. The van der Waals surface area contributed by atoms with Gasteiger partial charge in [-0.3, -0.25) is 0 Å². The van der Waals surface area contributed by atoms with Crippen LogP contribution in [-0.4, -0.2) is 0 Å². The number of aryl methyl sites for hydroxylation is 1. The Kier molecular flexibility index (Phi) is 4.07. The van der Waals surface area contributed by atoms with Crippen LogP contribution < -0.4 is 4.90 Å². The van der Waals surface area contributed by atoms with Crippen molar-refractivity contribution in [2.24, 2.45) is 0 Å². The average molecular weight is 338 g/mol. The Balaban J connectivity index is 2.17. The molecule has 0 amide bonds. The van der Waals surface area contributed by atoms with Gasteiger partial charge >= 0.3 is 0 Å². The molecule has 0 fully saturated rings. The number of para-hydroxylation sites is 2. The Hall–Kier alpha value is -2.06. The largest absolute Gasteiger partial charge is 0.309 e. The number of nitrogens with zero attached hydrogens (tertiary/aromatic N) is 1. The highest BCUT2D eigenvalue weighted by atomic mass is 79.9. The Bertz CT molecular complexity index is 684. The van der Waals surface area contributed by atoms with Crippen molar-refractivity contribution in [3.8, 4) is 0 Å². The summed E-state index contributed by atoms with van der Waals surface area (Å²) in [6.45, 7) is 2.10. The molecular formula is C19H16BrN. The number of benzene rings is 3. The SMILES string of the molecule is Cc1ccc(N(c2ccccc2)c2ccccc2)c(Br)c1. The third kappa shape index (κ3) is 3.01. The number of rotatable bonds is 3. The van der Waals surface area contributed by atoms with Crippen molar-refractivity contribution in [2.75, 3.05) is 4.90 Å². The van der Waals surface area contributed by atoms with E-state index in [1.165, 1.54) is 5.56 Å². The van der Waals surface area contributed by atoms with E-state index in [2.05, 4.69) is 94.5 Å². The molecule has 0 aliphatic heterocycles. The van der Waals surface area contributed by atoms with Crippen molar-refractivity contribution in [2.45, 2.75) is 6.92 Å². The van der Waals surface area contributed by atoms with Crippen LogP contribution in [-0.2, 0) is 0 Å². The van der Waals surface area contributed by atoms with E-state index in [-0.39, 0.29) is 0 Å². The Morgan fingerprint density at radius 1 is 0.714 bits per heavy atom. The van der Waals surface area contributed by atoms with Crippen LogP contribution in [0.15, 0.2) is 83.3 Å². The molecule has 3 rings (SSSR count). The minimum atomic E-state index is 1.09. The fourth-order valence-electron chi connectivity index (χ4n) is 2.37. The monoisotopic (exact) mass is 337 g/mol. The second kappa shape index (κ2) is 6.15. The number of hydrogen-bond donors (Lipinski definition) is 0. The first kappa shape index (κ1) is 13.9. The van der Waals surface area contributed by atoms with Gasteiger partial charge in [-0.05, 0) is 64.8 Å². The highest BCUT2D eigenvalue weighted by Gasteiger charge is 2.14. The molecule has 0 aliphatic carbocycles. The van der Waals surface area contributed by atoms with Crippen molar-refractivity contribution < 1.29 is 0 Å². The normalized spacial score (nSPS) is 10.4. The fourth-order valence-corrected chi connectivity index (χ4v) is 3.05. The maximum atomic E-state index is 3.70. The smallest absolute Gasteiger partial charge is 0.0603 e. The standard InChI is InChI=1S/C19H16BrN/c1-15-12-13-19(18(20)14-15)21(16-8-4-2-5-9-16)17-10-6-3-7-11-17/h2-14H,1H3. The summed E-state index contributed by atoms with van der Waals surface area (Å²) in [4.78, 5) is 2.25. The minimum Gasteiger partial charge on any atom is -0.309 e. The van der Waals surface area contributed by atoms with Gasteiger partial charge in [0, 0.05) is 15.8 Å². The maximum Gasteiger partial charge on any atom is 0.0603 e. The lowest BCUT2D eigenvalue weighted by molar-refractivity contribution is 1.26. The van der Waals surface area contributed by atoms with Gasteiger partial charge in [0.1, 0.15) is 0 Å². The van der Waals surface area contributed by atoms with E-state index in [0.29, 0.717) is 0 Å². The number of anilines is 3. The van der Waals surface area contributed by atoms with Crippen LogP contribution in [0.1, 0.15) is 5.56 Å². The topological polar surface area (TPSA) is 3.24 Å². The summed E-state index contributed by atoms with van der Waals surface area (Å²) in [6.07, 6.45) is 0. The van der Waals surface area contributed by atoms with Crippen molar-refractivity contribution >= 4 is 33.0 Å². The van der Waals surface area contributed by atoms with Gasteiger partial charge in [-0.25, -0.2) is 0 Å². The van der Waals surface area contributed by atoms with Crippen LogP contribution in [0.25, 0.3) is 0 Å². The van der Waals surface area contributed by atoms with Gasteiger partial charge in [0.2, 0.25) is 0 Å². The van der Waals surface area contributed by atoms with E-state index < -0.39 is 0 Å². The first-order valence-electron chi connectivity index (χ1n) is 6.92. The molecule has 2 heteroatoms. The van der Waals surface area contributed by atoms with E-state index in [0.717, 1.165) is 21.5 Å². The second-order valence-electron chi connectivity index (χ2n) is 4.96. The van der Waals surface area contributed by atoms with Crippen molar-refractivity contribution in [3.05, 3.63) is 88.9 Å². The van der Waals surface area contributed by atoms with Crippen molar-refractivity contribution in [3.63, 3.8) is 0 Å². The lowest BCUT2D eigenvalue weighted by Crippen LogP contribution is -2.10. The summed E-state index contributed by atoms with van der Waals surface area (Å²) >= 11 is 3.70. The molecule has 0 bridgehead atoms. The first-order valence-corrected chi connectivity index (χ1v) is 7.71. The molecule has 21 heavy (non-hydrogen) atoms. The van der Waals surface area contributed by atoms with Gasteiger partial charge in [0.15, 0.2) is 0 Å². The third-order valence-corrected chi connectivity index (χ3v) is 4.01. The van der Waals surface area contributed by atoms with E-state index in [1.807, 2.05) is 12.1 Å². The summed E-state index contributed by atoms with van der Waals surface area (Å²) in [7, 11) is 0. The van der Waals surface area contributed by atoms with E-state index >= 15 is 0 Å². The molecule has 0 N–H and O–H groups in total. The van der Waals surface area contributed by atoms with Crippen molar-refractivity contribution in [1.82, 2.24) is 0 Å². The van der Waals surface area contributed by atoms with Gasteiger partial charge in [-0.2, -0.15) is 0 Å². The second-order valence-corrected chi connectivity index (χ2v) is 5.82. The summed E-state index contributed by atoms with van der Waals surface area (Å²) in [5.41, 5.74) is 4.67. The van der Waals surface area contributed by atoms with Gasteiger partial charge < -0.3 is 4.90 Å². The van der Waals surface area contributed by atoms with E-state index in [4.69, 9.17) is 0 Å². The molecule has 104 valence electrons. The molecule has 0 saturated heterocycles. The Morgan fingerprint density at radius 2 is 1.24 bits per heavy atom. The average Bonchev–Trinajstić information content (AvgIpc) is 2.52. The minimum absolute atomic E-state index is 1.09. The van der Waals surface area contributed by atoms with E-state index in [9.17, 15) is 0 Å². The summed E-state index contributed by atoms with van der Waals surface area (Å²) in [5, 5.41) is 0. The molecule has 0 spiro atoms. The Labute approximate surface area is 134 Å². The quantitative estimate of drug-likeness (QED) is 0.547. The first-order chi connectivity index (χ1) is 10.3. The van der Waals surface area contributed by atoms with Crippen molar-refractivity contribution in [1.29, 1.82) is 0 Å². The third-order valence-electron chi connectivity index (χ3n) is 3.37. The number of hydrogen-bond acceptors (Lipinski definition) is 1. The molecule has 0 radical (unpaired) electrons. The molecule has 0 aromatic heterocycles.